The van der Waals surface area contributed by atoms with Crippen molar-refractivity contribution >= 4 is 51.2 Å². The first-order chi connectivity index (χ1) is 44.9. The number of para-hydroxylation sites is 1. The summed E-state index contributed by atoms with van der Waals surface area (Å²) in [6.45, 7) is 16.3. The zero-order valence-electron chi connectivity index (χ0n) is 53.3. The zero-order valence-corrected chi connectivity index (χ0v) is 54.1. The Labute approximate surface area is 543 Å². The van der Waals surface area contributed by atoms with Crippen molar-refractivity contribution < 1.29 is 52.6 Å². The predicted octanol–water partition coefficient (Wildman–Crippen LogP) is 11.4. The minimum Gasteiger partial charge on any atom is -0.493 e. The smallest absolute Gasteiger partial charge is 0.255 e. The maximum atomic E-state index is 14.4. The van der Waals surface area contributed by atoms with Crippen molar-refractivity contribution in [3.63, 3.8) is 0 Å². The lowest BCUT2D eigenvalue weighted by molar-refractivity contribution is -0.136. The molecule has 3 aliphatic rings. The van der Waals surface area contributed by atoms with E-state index in [0.29, 0.717) is 98.1 Å². The number of nitrogens with one attached hydrogen (secondary N) is 2. The molecule has 20 heteroatoms. The lowest BCUT2D eigenvalue weighted by atomic mass is 9.83. The molecule has 2 fully saturated rings. The monoisotopic (exact) mass is 1270 g/mol. The van der Waals surface area contributed by atoms with Gasteiger partial charge in [0.25, 0.3) is 5.91 Å². The molecule has 1 aliphatic carbocycles. The van der Waals surface area contributed by atoms with Crippen molar-refractivity contribution in [2.45, 2.75) is 91.0 Å². The number of nitriles is 1. The number of unbranched alkanes of at least 4 members (excludes halogenated alkanes) is 3. The molecule has 2 aromatic heterocycles. The number of aliphatic hydroxyl groups excluding tert-OH is 1. The average Bonchev–Trinajstić information content (AvgIpc) is 1.30. The number of carbonyl (C=O) groups is 3. The number of anilines is 2. The largest absolute Gasteiger partial charge is 0.493 e. The molecule has 5 aromatic carbocycles. The van der Waals surface area contributed by atoms with E-state index in [1.165, 1.54) is 12.8 Å². The van der Waals surface area contributed by atoms with Crippen LogP contribution in [0.25, 0.3) is 21.3 Å². The van der Waals surface area contributed by atoms with Crippen LogP contribution < -0.4 is 29.6 Å². The molecule has 10 rings (SSSR count). The molecular weight excluding hydrogens is 1180 g/mol. The lowest BCUT2D eigenvalue weighted by Gasteiger charge is -2.34. The molecule has 1 unspecified atom stereocenters. The average molecular weight is 1270 g/mol. The van der Waals surface area contributed by atoms with Crippen molar-refractivity contribution in [2.75, 3.05) is 105 Å². The van der Waals surface area contributed by atoms with Gasteiger partial charge in [-0.3, -0.25) is 19.4 Å². The number of methoxy groups -OCH3 is 1. The molecule has 3 N–H and O–H groups in total. The van der Waals surface area contributed by atoms with Gasteiger partial charge in [-0.25, -0.2) is 4.98 Å². The van der Waals surface area contributed by atoms with Crippen molar-refractivity contribution in [1.82, 2.24) is 30.0 Å². The standard InChI is InChI=1S/C72H86N8O11S/c1-49(2)68(80-47-53-15-10-11-18-59(53)72(80)84)69(82)60-40-56(81)41-61(60)71(83)75-45-52-20-19-51(70-50(3)76-48-92-70)39-64(52)90-38-37-88-36-35-87-34-33-86-31-13-6-5-12-25-78-27-29-79(30-28-78)26-14-32-89-66-43-63-62(42-65(66)85-4)67(54(44-73)46-74-63)77-55-21-23-58(24-22-55)91-57-16-8-7-9-17-57/h7-11,15-24,39,42-43,46,48-49,56,60-61,68,81H,5-6,12-14,25-38,40-41,45,47H2,1-4H3,(H,74,77)(H,75,83)/t56-,60?,61+,68-/m0/s1. The summed E-state index contributed by atoms with van der Waals surface area (Å²) in [6.07, 6.45) is 6.50. The molecule has 2 aliphatic heterocycles. The van der Waals surface area contributed by atoms with Crippen LogP contribution in [0.1, 0.15) is 91.5 Å². The summed E-state index contributed by atoms with van der Waals surface area (Å²) < 4.78 is 41.8. The molecule has 2 amide bonds. The molecule has 1 saturated heterocycles. The second-order valence-corrected chi connectivity index (χ2v) is 24.9. The number of aliphatic hydroxyl groups is 1. The summed E-state index contributed by atoms with van der Waals surface area (Å²) in [5.74, 6) is 0.921. The van der Waals surface area contributed by atoms with Gasteiger partial charge in [-0.2, -0.15) is 5.26 Å². The van der Waals surface area contributed by atoms with Gasteiger partial charge in [0.15, 0.2) is 17.3 Å². The van der Waals surface area contributed by atoms with E-state index in [4.69, 9.17) is 33.2 Å². The summed E-state index contributed by atoms with van der Waals surface area (Å²) in [5, 5.41) is 28.1. The van der Waals surface area contributed by atoms with Crippen LogP contribution in [-0.4, -0.2) is 159 Å². The van der Waals surface area contributed by atoms with E-state index in [-0.39, 0.29) is 49.5 Å². The van der Waals surface area contributed by atoms with Crippen LogP contribution >= 0.6 is 11.3 Å². The van der Waals surface area contributed by atoms with Gasteiger partial charge in [0.1, 0.15) is 29.9 Å². The van der Waals surface area contributed by atoms with Crippen LogP contribution in [0, 0.1) is 36.0 Å². The molecule has 4 atom stereocenters. The van der Waals surface area contributed by atoms with Gasteiger partial charge in [0.2, 0.25) is 5.91 Å². The molecule has 1 saturated carbocycles. The Morgan fingerprint density at radius 1 is 0.728 bits per heavy atom. The Balaban J connectivity index is 0.560. The van der Waals surface area contributed by atoms with Crippen LogP contribution in [-0.2, 0) is 36.9 Å². The van der Waals surface area contributed by atoms with Crippen molar-refractivity contribution in [2.24, 2.45) is 17.8 Å². The number of carbonyl (C=O) groups excluding carboxylic acids is 3. The van der Waals surface area contributed by atoms with Crippen molar-refractivity contribution in [3.8, 4) is 45.3 Å². The molecule has 92 heavy (non-hydrogen) atoms. The third-order valence-corrected chi connectivity index (χ3v) is 18.3. The molecule has 19 nitrogen and oxygen atoms in total. The number of aryl methyl sites for hydroxylation is 1. The second-order valence-electron chi connectivity index (χ2n) is 24.1. The highest BCUT2D eigenvalue weighted by atomic mass is 32.1. The highest BCUT2D eigenvalue weighted by molar-refractivity contribution is 7.13. The van der Waals surface area contributed by atoms with Crippen molar-refractivity contribution in [1.29, 1.82) is 5.26 Å². The lowest BCUT2D eigenvalue weighted by Crippen LogP contribution is -2.49. The number of nitrogens with zero attached hydrogens (tertiary/aromatic N) is 6. The van der Waals surface area contributed by atoms with Gasteiger partial charge in [-0.1, -0.05) is 75.2 Å². The Morgan fingerprint density at radius 2 is 1.40 bits per heavy atom. The number of piperazine rings is 1. The summed E-state index contributed by atoms with van der Waals surface area (Å²) in [5.41, 5.74) is 8.46. The third-order valence-electron chi connectivity index (χ3n) is 17.3. The van der Waals surface area contributed by atoms with Gasteiger partial charge in [0.05, 0.1) is 97.7 Å². The summed E-state index contributed by atoms with van der Waals surface area (Å²) in [7, 11) is 1.62. The number of hydrogen-bond acceptors (Lipinski definition) is 18. The Hall–Kier alpha value is -8.00. The first kappa shape index (κ1) is 66.9. The van der Waals surface area contributed by atoms with Crippen LogP contribution in [0.5, 0.6) is 28.7 Å². The van der Waals surface area contributed by atoms with Crippen molar-refractivity contribution in [3.05, 3.63) is 149 Å². The molecule has 7 aromatic rings. The number of ether oxygens (including phenoxy) is 7. The minimum atomic E-state index is -0.804. The van der Waals surface area contributed by atoms with E-state index in [1.807, 2.05) is 129 Å². The predicted molar refractivity (Wildman–Crippen MR) is 355 cm³/mol. The summed E-state index contributed by atoms with van der Waals surface area (Å²) >= 11 is 1.54. The Morgan fingerprint density at radius 3 is 2.11 bits per heavy atom. The summed E-state index contributed by atoms with van der Waals surface area (Å²) in [4.78, 5) is 58.6. The fourth-order valence-corrected chi connectivity index (χ4v) is 13.3. The number of hydrogen-bond donors (Lipinski definition) is 3. The second kappa shape index (κ2) is 33.5. The maximum Gasteiger partial charge on any atom is 0.255 e. The van der Waals surface area contributed by atoms with Gasteiger partial charge in [-0.15, -0.1) is 11.3 Å². The highest BCUT2D eigenvalue weighted by Crippen LogP contribution is 2.40. The molecule has 4 heterocycles. The van der Waals surface area contributed by atoms with E-state index >= 15 is 0 Å². The van der Waals surface area contributed by atoms with Gasteiger partial charge in [-0.05, 0) is 117 Å². The topological polar surface area (TPSA) is 219 Å². The van der Waals surface area contributed by atoms with E-state index in [1.54, 1.807) is 35.6 Å². The first-order valence-corrected chi connectivity index (χ1v) is 33.2. The van der Waals surface area contributed by atoms with Gasteiger partial charge >= 0.3 is 0 Å². The van der Waals surface area contributed by atoms with E-state index in [0.717, 1.165) is 103 Å². The number of fused-ring (bicyclic) bond motifs is 2. The van der Waals surface area contributed by atoms with Crippen LogP contribution in [0.2, 0.25) is 0 Å². The molecule has 0 radical (unpaired) electrons. The Bertz CT molecular complexity index is 3590. The zero-order chi connectivity index (χ0) is 64.2. The third kappa shape index (κ3) is 17.8. The maximum absolute atomic E-state index is 14.4. The quantitative estimate of drug-likeness (QED) is 0.0315. The number of Topliss-reactive ketones (excluding diaryl/α,β-unsaturated/α-hetero) is 1. The number of benzene rings is 5. The first-order valence-electron chi connectivity index (χ1n) is 32.3. The molecule has 0 spiro atoms. The van der Waals surface area contributed by atoms with Crippen LogP contribution in [0.4, 0.5) is 11.4 Å². The fourth-order valence-electron chi connectivity index (χ4n) is 12.5. The van der Waals surface area contributed by atoms with E-state index in [2.05, 4.69) is 36.5 Å². The Kier molecular flexibility index (Phi) is 24.4. The SMILES string of the molecule is COc1cc2c(Nc3ccc(Oc4ccccc4)cc3)c(C#N)cnc2cc1OCCCN1CCN(CCCCCCOCCOCCOCCOc2cc(-c3scnc3C)ccc2CNC(=O)[C@@H]2C[C@@H](O)CC2C(=O)[C@H](C(C)C)N2Cc3ccccc3C2=O)CC1. The van der Waals surface area contributed by atoms with Crippen LogP contribution in [0.3, 0.4) is 0 Å². The van der Waals surface area contributed by atoms with E-state index < -0.39 is 24.0 Å². The molecule has 0 bridgehead atoms. The van der Waals surface area contributed by atoms with Gasteiger partial charge < -0.3 is 63.6 Å². The number of ketones is 1. The summed E-state index contributed by atoms with van der Waals surface area (Å²) in [6, 6.07) is 35.8. The molecular formula is C72H86N8O11S. The number of thiazole rings is 1. The fraction of sp³-hybridized carbons (Fsp3) is 0.444. The van der Waals surface area contributed by atoms with E-state index in [9.17, 15) is 24.8 Å². The van der Waals surface area contributed by atoms with Gasteiger partial charge in [0, 0.05) is 92.8 Å². The van der Waals surface area contributed by atoms with Crippen LogP contribution in [0.15, 0.2) is 121 Å². The number of aromatic nitrogens is 2. The minimum absolute atomic E-state index is 0.152. The normalized spacial score (nSPS) is 17.0. The molecule has 486 valence electrons. The number of amides is 2. The number of pyridine rings is 1. The number of rotatable bonds is 35. The highest BCUT2D eigenvalue weighted by Gasteiger charge is 2.48.